The number of hydrogen-bond acceptors (Lipinski definition) is 4. The lowest BCUT2D eigenvalue weighted by atomic mass is 10.2. The van der Waals surface area contributed by atoms with Gasteiger partial charge < -0.3 is 9.30 Å². The maximum Gasteiger partial charge on any atom is 0.341 e. The summed E-state index contributed by atoms with van der Waals surface area (Å²) in [6.45, 7) is 4.19. The van der Waals surface area contributed by atoms with E-state index in [4.69, 9.17) is 4.74 Å². The number of carbonyl (C=O) groups excluding carboxylic acids is 1. The predicted molar refractivity (Wildman–Crippen MR) is 73.7 cm³/mol. The third-order valence-electron chi connectivity index (χ3n) is 3.03. The van der Waals surface area contributed by atoms with Crippen molar-refractivity contribution in [1.29, 1.82) is 0 Å². The molecule has 0 aromatic carbocycles. The molecule has 0 bridgehead atoms. The van der Waals surface area contributed by atoms with Crippen LogP contribution in [0.2, 0.25) is 0 Å². The van der Waals surface area contributed by atoms with Gasteiger partial charge in [-0.3, -0.25) is 9.48 Å². The van der Waals surface area contributed by atoms with Gasteiger partial charge in [0.25, 0.3) is 5.56 Å². The molecule has 0 aliphatic heterocycles. The lowest BCUT2D eigenvalue weighted by Gasteiger charge is -2.08. The van der Waals surface area contributed by atoms with Crippen molar-refractivity contribution in [3.63, 3.8) is 0 Å². The van der Waals surface area contributed by atoms with Crippen molar-refractivity contribution in [3.8, 4) is 0 Å². The lowest BCUT2D eigenvalue weighted by Crippen LogP contribution is -2.22. The fraction of sp³-hybridized carbons (Fsp3) is 0.357. The molecule has 0 N–H and O–H groups in total. The molecule has 0 saturated heterocycles. The van der Waals surface area contributed by atoms with Crippen molar-refractivity contribution < 1.29 is 9.53 Å². The summed E-state index contributed by atoms with van der Waals surface area (Å²) >= 11 is 0. The van der Waals surface area contributed by atoms with E-state index in [0.717, 1.165) is 5.56 Å². The topological polar surface area (TPSA) is 66.1 Å². The number of esters is 1. The number of aromatic nitrogens is 3. The Labute approximate surface area is 116 Å². The van der Waals surface area contributed by atoms with Crippen molar-refractivity contribution in [2.75, 3.05) is 6.61 Å². The molecular formula is C14H17N3O3. The van der Waals surface area contributed by atoms with E-state index in [1.165, 1.54) is 10.8 Å². The monoisotopic (exact) mass is 275 g/mol. The summed E-state index contributed by atoms with van der Waals surface area (Å²) in [6, 6.07) is 3.40. The molecule has 0 spiro atoms. The Morgan fingerprint density at radius 3 is 2.85 bits per heavy atom. The molecule has 0 amide bonds. The summed E-state index contributed by atoms with van der Waals surface area (Å²) in [7, 11) is 1.73. The molecule has 2 heterocycles. The zero-order valence-corrected chi connectivity index (χ0v) is 11.8. The Kier molecular flexibility index (Phi) is 4.02. The number of pyridine rings is 1. The minimum atomic E-state index is -0.421. The maximum absolute atomic E-state index is 11.9. The van der Waals surface area contributed by atoms with Gasteiger partial charge in [0.05, 0.1) is 25.0 Å². The predicted octanol–water partition coefficient (Wildman–Crippen LogP) is 1.12. The van der Waals surface area contributed by atoms with Gasteiger partial charge in [-0.1, -0.05) is 0 Å². The van der Waals surface area contributed by atoms with Gasteiger partial charge in [-0.25, -0.2) is 4.79 Å². The summed E-state index contributed by atoms with van der Waals surface area (Å²) in [5.41, 5.74) is 1.83. The number of ether oxygens (including phenoxy) is 1. The van der Waals surface area contributed by atoms with Crippen molar-refractivity contribution in [2.24, 2.45) is 7.05 Å². The number of hydrogen-bond donors (Lipinski definition) is 0. The molecule has 20 heavy (non-hydrogen) atoms. The second-order valence-electron chi connectivity index (χ2n) is 4.52. The quantitative estimate of drug-likeness (QED) is 0.784. The minimum Gasteiger partial charge on any atom is -0.462 e. The zero-order chi connectivity index (χ0) is 14.7. The van der Waals surface area contributed by atoms with Gasteiger partial charge in [0.1, 0.15) is 5.56 Å². The van der Waals surface area contributed by atoms with Gasteiger partial charge in [0.15, 0.2) is 0 Å². The molecule has 0 atom stereocenters. The second-order valence-corrected chi connectivity index (χ2v) is 4.52. The van der Waals surface area contributed by atoms with Crippen LogP contribution < -0.4 is 5.56 Å². The third kappa shape index (κ3) is 2.79. The Bertz CT molecular complexity index is 685. The summed E-state index contributed by atoms with van der Waals surface area (Å²) in [5.74, 6) is -0.421. The zero-order valence-electron chi connectivity index (χ0n) is 11.8. The first-order chi connectivity index (χ1) is 9.52. The molecule has 0 saturated carbocycles. The summed E-state index contributed by atoms with van der Waals surface area (Å²) in [6.07, 6.45) is 3.17. The normalized spacial score (nSPS) is 10.6. The Morgan fingerprint density at radius 2 is 2.20 bits per heavy atom. The number of nitrogens with zero attached hydrogens (tertiary/aromatic N) is 3. The van der Waals surface area contributed by atoms with Crippen LogP contribution in [0.4, 0.5) is 0 Å². The van der Waals surface area contributed by atoms with Gasteiger partial charge in [-0.2, -0.15) is 5.10 Å². The molecule has 2 rings (SSSR count). The largest absolute Gasteiger partial charge is 0.462 e. The fourth-order valence-electron chi connectivity index (χ4n) is 1.93. The molecule has 6 heteroatoms. The molecule has 0 aliphatic carbocycles. The highest BCUT2D eigenvalue weighted by molar-refractivity contribution is 5.90. The number of aryl methyl sites for hydroxylation is 2. The fourth-order valence-corrected chi connectivity index (χ4v) is 1.93. The summed E-state index contributed by atoms with van der Waals surface area (Å²) in [5, 5.41) is 4.06. The summed E-state index contributed by atoms with van der Waals surface area (Å²) in [4.78, 5) is 23.7. The number of rotatable bonds is 4. The highest BCUT2D eigenvalue weighted by Crippen LogP contribution is 2.10. The van der Waals surface area contributed by atoms with Gasteiger partial charge in [-0.15, -0.1) is 0 Å². The molecular weight excluding hydrogens is 258 g/mol. The first kappa shape index (κ1) is 14.0. The third-order valence-corrected chi connectivity index (χ3v) is 3.03. The average molecular weight is 275 g/mol. The molecule has 0 radical (unpaired) electrons. The summed E-state index contributed by atoms with van der Waals surface area (Å²) < 4.78 is 8.11. The molecule has 2 aromatic rings. The van der Waals surface area contributed by atoms with Crippen LogP contribution in [-0.4, -0.2) is 26.9 Å². The van der Waals surface area contributed by atoms with Crippen molar-refractivity contribution in [1.82, 2.24) is 14.3 Å². The van der Waals surface area contributed by atoms with E-state index in [0.29, 0.717) is 17.9 Å². The van der Waals surface area contributed by atoms with E-state index in [1.54, 1.807) is 30.9 Å². The Morgan fingerprint density at radius 1 is 1.45 bits per heavy atom. The van der Waals surface area contributed by atoms with Gasteiger partial charge in [-0.05, 0) is 25.5 Å². The van der Waals surface area contributed by atoms with Crippen molar-refractivity contribution >= 4 is 5.97 Å². The van der Waals surface area contributed by atoms with E-state index in [9.17, 15) is 9.59 Å². The standard InChI is InChI=1S/C14H17N3O3/c1-4-20-14(19)11-8-15-16(3)12(11)9-17-6-5-10(2)7-13(17)18/h5-8H,4,9H2,1-3H3. The highest BCUT2D eigenvalue weighted by Gasteiger charge is 2.17. The molecule has 0 fully saturated rings. The van der Waals surface area contributed by atoms with Crippen LogP contribution in [0.15, 0.2) is 29.3 Å². The second kappa shape index (κ2) is 5.73. The molecule has 6 nitrogen and oxygen atoms in total. The minimum absolute atomic E-state index is 0.110. The average Bonchev–Trinajstić information content (AvgIpc) is 2.75. The van der Waals surface area contributed by atoms with E-state index in [2.05, 4.69) is 5.10 Å². The van der Waals surface area contributed by atoms with E-state index in [1.807, 2.05) is 13.0 Å². The van der Waals surface area contributed by atoms with Crippen LogP contribution in [0.25, 0.3) is 0 Å². The molecule has 0 aliphatic rings. The molecule has 106 valence electrons. The maximum atomic E-state index is 11.9. The molecule has 0 unspecified atom stereocenters. The van der Waals surface area contributed by atoms with Crippen LogP contribution >= 0.6 is 0 Å². The van der Waals surface area contributed by atoms with Gasteiger partial charge in [0, 0.05) is 19.3 Å². The van der Waals surface area contributed by atoms with Crippen LogP contribution in [0, 0.1) is 6.92 Å². The Hall–Kier alpha value is -2.37. The van der Waals surface area contributed by atoms with Crippen LogP contribution in [0.3, 0.4) is 0 Å². The van der Waals surface area contributed by atoms with E-state index in [-0.39, 0.29) is 12.1 Å². The van der Waals surface area contributed by atoms with Crippen LogP contribution in [0.5, 0.6) is 0 Å². The first-order valence-electron chi connectivity index (χ1n) is 6.38. The SMILES string of the molecule is CCOC(=O)c1cnn(C)c1Cn1ccc(C)cc1=O. The van der Waals surface area contributed by atoms with Crippen LogP contribution in [-0.2, 0) is 18.3 Å². The van der Waals surface area contributed by atoms with Gasteiger partial charge in [0.2, 0.25) is 0 Å². The van der Waals surface area contributed by atoms with E-state index < -0.39 is 5.97 Å². The van der Waals surface area contributed by atoms with Crippen molar-refractivity contribution in [2.45, 2.75) is 20.4 Å². The van der Waals surface area contributed by atoms with Crippen LogP contribution in [0.1, 0.15) is 28.5 Å². The lowest BCUT2D eigenvalue weighted by molar-refractivity contribution is 0.0524. The number of carbonyl (C=O) groups is 1. The van der Waals surface area contributed by atoms with Crippen molar-refractivity contribution in [3.05, 3.63) is 51.7 Å². The Balaban J connectivity index is 2.36. The smallest absolute Gasteiger partial charge is 0.341 e. The molecule has 2 aromatic heterocycles. The highest BCUT2D eigenvalue weighted by atomic mass is 16.5. The van der Waals surface area contributed by atoms with E-state index >= 15 is 0 Å². The van der Waals surface area contributed by atoms with Gasteiger partial charge >= 0.3 is 5.97 Å². The first-order valence-corrected chi connectivity index (χ1v) is 6.38.